The first-order valence-electron chi connectivity index (χ1n) is 10.5. The van der Waals surface area contributed by atoms with E-state index in [4.69, 9.17) is 18.9 Å². The molecule has 0 aromatic heterocycles. The molecule has 0 radical (unpaired) electrons. The van der Waals surface area contributed by atoms with E-state index in [9.17, 15) is 9.59 Å². The minimum atomic E-state index is -1.02. The summed E-state index contributed by atoms with van der Waals surface area (Å²) in [6.45, 7) is 5.72. The predicted molar refractivity (Wildman–Crippen MR) is 118 cm³/mol. The lowest BCUT2D eigenvalue weighted by Crippen LogP contribution is -2.63. The van der Waals surface area contributed by atoms with Gasteiger partial charge in [0.25, 0.3) is 0 Å². The van der Waals surface area contributed by atoms with E-state index in [2.05, 4.69) is 10.6 Å². The largest absolute Gasteiger partial charge is 0.445 e. The number of alkyl carbamates (subject to hydrolysis) is 2. The normalized spacial score (nSPS) is 20.8. The maximum absolute atomic E-state index is 12.5. The molecule has 1 heterocycles. The topological polar surface area (TPSA) is 95.1 Å². The number of benzene rings is 2. The molecule has 8 nitrogen and oxygen atoms in total. The van der Waals surface area contributed by atoms with Crippen molar-refractivity contribution in [2.24, 2.45) is 0 Å². The molecule has 2 amide bonds. The maximum Gasteiger partial charge on any atom is 0.408 e. The van der Waals surface area contributed by atoms with Crippen LogP contribution in [-0.2, 0) is 25.6 Å². The molecule has 0 aliphatic carbocycles. The molecule has 0 unspecified atom stereocenters. The van der Waals surface area contributed by atoms with E-state index in [0.29, 0.717) is 0 Å². The van der Waals surface area contributed by atoms with Gasteiger partial charge >= 0.3 is 12.2 Å². The van der Waals surface area contributed by atoms with Crippen LogP contribution in [0.3, 0.4) is 0 Å². The Morgan fingerprint density at radius 3 is 2.16 bits per heavy atom. The highest BCUT2D eigenvalue weighted by atomic mass is 16.7. The molecule has 1 aliphatic heterocycles. The van der Waals surface area contributed by atoms with E-state index in [-0.39, 0.29) is 26.4 Å². The Labute approximate surface area is 188 Å². The van der Waals surface area contributed by atoms with Crippen molar-refractivity contribution in [3.8, 4) is 0 Å². The number of carbonyl (C=O) groups excluding carboxylic acids is 2. The molecule has 2 N–H and O–H groups in total. The van der Waals surface area contributed by atoms with E-state index < -0.39 is 29.6 Å². The van der Waals surface area contributed by atoms with Gasteiger partial charge in [0.05, 0.1) is 13.2 Å². The number of ether oxygens (including phenoxy) is 4. The number of nitrogens with one attached hydrogen (secondary N) is 2. The molecular weight excluding hydrogens is 412 g/mol. The van der Waals surface area contributed by atoms with Crippen LogP contribution in [0.4, 0.5) is 9.59 Å². The van der Waals surface area contributed by atoms with Gasteiger partial charge in [-0.3, -0.25) is 0 Å². The van der Waals surface area contributed by atoms with Crippen molar-refractivity contribution in [3.05, 3.63) is 71.8 Å². The molecule has 8 heteroatoms. The molecule has 1 aliphatic rings. The van der Waals surface area contributed by atoms with Gasteiger partial charge in [0.15, 0.2) is 6.29 Å². The maximum atomic E-state index is 12.5. The summed E-state index contributed by atoms with van der Waals surface area (Å²) >= 11 is 0. The van der Waals surface area contributed by atoms with Gasteiger partial charge in [-0.25, -0.2) is 9.59 Å². The standard InChI is InChI=1S/C24H30N2O6/c1-23(2,3)32-21(27)25-15-24(26-22(28)29-14-18-10-6-4-7-11-18)16-30-20(31-17-24)19-12-8-5-9-13-19/h4-13,20H,14-17H2,1-3H3,(H,25,27)(H,26,28). The van der Waals surface area contributed by atoms with Crippen LogP contribution in [-0.4, -0.2) is 43.1 Å². The van der Waals surface area contributed by atoms with E-state index in [0.717, 1.165) is 11.1 Å². The SMILES string of the molecule is CC(C)(C)OC(=O)NCC1(NC(=O)OCc2ccccc2)COC(c2ccccc2)OC1. The zero-order valence-corrected chi connectivity index (χ0v) is 18.6. The van der Waals surface area contributed by atoms with Crippen LogP contribution in [0, 0.1) is 0 Å². The molecule has 0 saturated carbocycles. The summed E-state index contributed by atoms with van der Waals surface area (Å²) in [5.41, 5.74) is 0.0736. The Hall–Kier alpha value is -3.10. The zero-order valence-electron chi connectivity index (χ0n) is 18.6. The van der Waals surface area contributed by atoms with Crippen molar-refractivity contribution in [3.63, 3.8) is 0 Å². The van der Waals surface area contributed by atoms with Crippen LogP contribution < -0.4 is 10.6 Å². The van der Waals surface area contributed by atoms with E-state index in [1.807, 2.05) is 60.7 Å². The van der Waals surface area contributed by atoms with Crippen molar-refractivity contribution in [1.82, 2.24) is 10.6 Å². The van der Waals surface area contributed by atoms with Crippen LogP contribution in [0.2, 0.25) is 0 Å². The number of amides is 2. The number of rotatable bonds is 6. The zero-order chi connectivity index (χ0) is 23.0. The van der Waals surface area contributed by atoms with Crippen LogP contribution in [0.5, 0.6) is 0 Å². The van der Waals surface area contributed by atoms with Crippen LogP contribution >= 0.6 is 0 Å². The van der Waals surface area contributed by atoms with Crippen molar-refractivity contribution >= 4 is 12.2 Å². The summed E-state index contributed by atoms with van der Waals surface area (Å²) in [5.74, 6) is 0. The summed E-state index contributed by atoms with van der Waals surface area (Å²) in [5, 5.41) is 5.50. The fraction of sp³-hybridized carbons (Fsp3) is 0.417. The Bertz CT molecular complexity index is 874. The van der Waals surface area contributed by atoms with Crippen LogP contribution in [0.1, 0.15) is 38.2 Å². The van der Waals surface area contributed by atoms with Crippen LogP contribution in [0.25, 0.3) is 0 Å². The van der Waals surface area contributed by atoms with E-state index in [1.165, 1.54) is 0 Å². The lowest BCUT2D eigenvalue weighted by molar-refractivity contribution is -0.215. The first-order chi connectivity index (χ1) is 15.2. The van der Waals surface area contributed by atoms with Crippen molar-refractivity contribution in [2.45, 2.75) is 44.8 Å². The van der Waals surface area contributed by atoms with Gasteiger partial charge in [0, 0.05) is 12.1 Å². The fourth-order valence-corrected chi connectivity index (χ4v) is 3.11. The average molecular weight is 443 g/mol. The van der Waals surface area contributed by atoms with Gasteiger partial charge in [-0.05, 0) is 26.3 Å². The first-order valence-corrected chi connectivity index (χ1v) is 10.5. The molecule has 0 atom stereocenters. The first kappa shape index (κ1) is 23.6. The highest BCUT2D eigenvalue weighted by Crippen LogP contribution is 2.27. The summed E-state index contributed by atoms with van der Waals surface area (Å²) < 4.78 is 22.4. The molecule has 0 bridgehead atoms. The van der Waals surface area contributed by atoms with Crippen molar-refractivity contribution < 1.29 is 28.5 Å². The van der Waals surface area contributed by atoms with Gasteiger partial charge in [-0.2, -0.15) is 0 Å². The Kier molecular flexibility index (Phi) is 7.71. The van der Waals surface area contributed by atoms with E-state index >= 15 is 0 Å². The molecule has 3 rings (SSSR count). The summed E-state index contributed by atoms with van der Waals surface area (Å²) in [6, 6.07) is 18.9. The summed E-state index contributed by atoms with van der Waals surface area (Å²) in [6.07, 6.45) is -1.79. The quantitative estimate of drug-likeness (QED) is 0.704. The lowest BCUT2D eigenvalue weighted by Gasteiger charge is -2.40. The summed E-state index contributed by atoms with van der Waals surface area (Å²) in [7, 11) is 0. The highest BCUT2D eigenvalue weighted by molar-refractivity contribution is 5.70. The monoisotopic (exact) mass is 442 g/mol. The molecule has 0 spiro atoms. The smallest absolute Gasteiger partial charge is 0.408 e. The molecule has 2 aromatic carbocycles. The molecule has 172 valence electrons. The molecule has 1 fully saturated rings. The molecule has 1 saturated heterocycles. The Balaban J connectivity index is 1.62. The van der Waals surface area contributed by atoms with E-state index in [1.54, 1.807) is 20.8 Å². The second kappa shape index (κ2) is 10.5. The molecular formula is C24H30N2O6. The highest BCUT2D eigenvalue weighted by Gasteiger charge is 2.40. The third-order valence-corrected chi connectivity index (χ3v) is 4.64. The number of hydrogen-bond acceptors (Lipinski definition) is 6. The van der Waals surface area contributed by atoms with Gasteiger partial charge in [-0.1, -0.05) is 60.7 Å². The predicted octanol–water partition coefficient (Wildman–Crippen LogP) is 3.92. The van der Waals surface area contributed by atoms with Gasteiger partial charge in [0.2, 0.25) is 0 Å². The third kappa shape index (κ3) is 7.25. The number of carbonyl (C=O) groups is 2. The Morgan fingerprint density at radius 1 is 0.969 bits per heavy atom. The lowest BCUT2D eigenvalue weighted by atomic mass is 10.0. The van der Waals surface area contributed by atoms with Gasteiger partial charge < -0.3 is 29.6 Å². The summed E-state index contributed by atoms with van der Waals surface area (Å²) in [4.78, 5) is 24.7. The average Bonchev–Trinajstić information content (AvgIpc) is 2.77. The van der Waals surface area contributed by atoms with Crippen LogP contribution in [0.15, 0.2) is 60.7 Å². The molecule has 2 aromatic rings. The third-order valence-electron chi connectivity index (χ3n) is 4.64. The fourth-order valence-electron chi connectivity index (χ4n) is 3.11. The minimum absolute atomic E-state index is 0.0455. The molecule has 32 heavy (non-hydrogen) atoms. The van der Waals surface area contributed by atoms with Crippen molar-refractivity contribution in [1.29, 1.82) is 0 Å². The second-order valence-corrected chi connectivity index (χ2v) is 8.69. The van der Waals surface area contributed by atoms with Gasteiger partial charge in [-0.15, -0.1) is 0 Å². The second-order valence-electron chi connectivity index (χ2n) is 8.69. The Morgan fingerprint density at radius 2 is 1.56 bits per heavy atom. The van der Waals surface area contributed by atoms with Crippen molar-refractivity contribution in [2.75, 3.05) is 19.8 Å². The minimum Gasteiger partial charge on any atom is -0.445 e. The number of hydrogen-bond donors (Lipinski definition) is 2. The van der Waals surface area contributed by atoms with Gasteiger partial charge in [0.1, 0.15) is 17.7 Å².